The summed E-state index contributed by atoms with van der Waals surface area (Å²) >= 11 is 9.56. The first-order chi connectivity index (χ1) is 6.24. The summed E-state index contributed by atoms with van der Waals surface area (Å²) in [5.74, 6) is 0. The summed E-state index contributed by atoms with van der Waals surface area (Å²) in [6, 6.07) is 0. The van der Waals surface area contributed by atoms with Crippen molar-refractivity contribution in [3.8, 4) is 0 Å². The van der Waals surface area contributed by atoms with Crippen LogP contribution in [0.1, 0.15) is 12.8 Å². The first kappa shape index (κ1) is 10.7. The van der Waals surface area contributed by atoms with E-state index >= 15 is 0 Å². The molecule has 2 heterocycles. The lowest BCUT2D eigenvalue weighted by molar-refractivity contribution is -1.02. The minimum Gasteiger partial charge on any atom is -0.275 e. The largest absolute Gasteiger partial charge is 0.325 e. The van der Waals surface area contributed by atoms with Gasteiger partial charge in [-0.2, -0.15) is 0 Å². The minimum atomic E-state index is 0.238. The number of thioether (sulfide) groups is 1. The summed E-state index contributed by atoms with van der Waals surface area (Å²) < 4.78 is 0.238. The van der Waals surface area contributed by atoms with Crippen molar-refractivity contribution in [2.45, 2.75) is 22.0 Å². The summed E-state index contributed by atoms with van der Waals surface area (Å²) in [7, 11) is 0. The van der Waals surface area contributed by atoms with Crippen molar-refractivity contribution in [3.63, 3.8) is 0 Å². The molecular weight excluding hydrogens is 316 g/mol. The second-order valence-electron chi connectivity index (χ2n) is 3.79. The Morgan fingerprint density at radius 1 is 1.46 bits per heavy atom. The Morgan fingerprint density at radius 3 is 2.69 bits per heavy atom. The van der Waals surface area contributed by atoms with Crippen LogP contribution in [-0.2, 0) is 0 Å². The van der Waals surface area contributed by atoms with Crippen molar-refractivity contribution in [1.82, 2.24) is 0 Å². The lowest BCUT2D eigenvalue weighted by Crippen LogP contribution is -3.28. The van der Waals surface area contributed by atoms with Crippen LogP contribution in [0.3, 0.4) is 0 Å². The quantitative estimate of drug-likeness (QED) is 0.528. The maximum absolute atomic E-state index is 3.90. The van der Waals surface area contributed by atoms with E-state index in [-0.39, 0.29) is 3.90 Å². The van der Waals surface area contributed by atoms with E-state index in [9.17, 15) is 0 Å². The smallest absolute Gasteiger partial charge is 0.275 e. The standard InChI is InChI=1S/C8H14Br2N2S/c9-5-7-6-11-8(10,13-7)12-3-1-2-4-12/h7,11H,1-6H2/p+2/t7-,8-/m1/s1. The van der Waals surface area contributed by atoms with Crippen LogP contribution in [0.25, 0.3) is 0 Å². The van der Waals surface area contributed by atoms with Crippen LogP contribution in [0, 0.1) is 0 Å². The average molecular weight is 332 g/mol. The van der Waals surface area contributed by atoms with Crippen LogP contribution in [0.4, 0.5) is 0 Å². The molecule has 76 valence electrons. The van der Waals surface area contributed by atoms with Gasteiger partial charge < -0.3 is 0 Å². The molecule has 2 rings (SSSR count). The number of halogens is 2. The Bertz CT molecular complexity index is 187. The Labute approximate surface area is 100 Å². The van der Waals surface area contributed by atoms with Gasteiger partial charge >= 0.3 is 3.90 Å². The third-order valence-electron chi connectivity index (χ3n) is 2.84. The molecule has 5 heteroatoms. The van der Waals surface area contributed by atoms with Crippen molar-refractivity contribution in [2.75, 3.05) is 25.0 Å². The molecule has 2 aliphatic heterocycles. The van der Waals surface area contributed by atoms with Gasteiger partial charge in [0, 0.05) is 18.2 Å². The molecule has 2 atom stereocenters. The molecule has 0 amide bonds. The van der Waals surface area contributed by atoms with Gasteiger partial charge in [-0.1, -0.05) is 15.9 Å². The van der Waals surface area contributed by atoms with Crippen molar-refractivity contribution < 1.29 is 10.2 Å². The molecule has 2 nitrogen and oxygen atoms in total. The number of alkyl halides is 2. The first-order valence-corrected chi connectivity index (χ1v) is 7.66. The van der Waals surface area contributed by atoms with Crippen molar-refractivity contribution in [3.05, 3.63) is 0 Å². The molecule has 2 aliphatic rings. The zero-order chi connectivity index (χ0) is 9.31. The lowest BCUT2D eigenvalue weighted by atomic mass is 10.4. The van der Waals surface area contributed by atoms with E-state index in [1.807, 2.05) is 0 Å². The van der Waals surface area contributed by atoms with E-state index in [2.05, 4.69) is 48.9 Å². The topological polar surface area (TPSA) is 21.1 Å². The predicted octanol–water partition coefficient (Wildman–Crippen LogP) is -0.255. The number of nitrogens with two attached hydrogens (primary N) is 1. The molecule has 0 aliphatic carbocycles. The van der Waals surface area contributed by atoms with Gasteiger partial charge in [0.15, 0.2) is 0 Å². The fourth-order valence-corrected chi connectivity index (χ4v) is 5.43. The molecule has 2 fully saturated rings. The maximum atomic E-state index is 3.90. The average Bonchev–Trinajstić information content (AvgIpc) is 2.72. The number of hydrogen-bond donors (Lipinski definition) is 2. The SMILES string of the molecule is BrC[C@@H]1C[NH2+][C@](Br)([NH+]2CCCC2)S1. The van der Waals surface area contributed by atoms with Gasteiger partial charge in [-0.3, -0.25) is 10.2 Å². The Kier molecular flexibility index (Phi) is 3.63. The van der Waals surface area contributed by atoms with Crippen LogP contribution >= 0.6 is 43.6 Å². The predicted molar refractivity (Wildman–Crippen MR) is 63.6 cm³/mol. The summed E-state index contributed by atoms with van der Waals surface area (Å²) in [4.78, 5) is 1.72. The van der Waals surface area contributed by atoms with E-state index in [0.717, 1.165) is 10.6 Å². The van der Waals surface area contributed by atoms with Gasteiger partial charge in [-0.05, 0) is 11.8 Å². The summed E-state index contributed by atoms with van der Waals surface area (Å²) in [5.41, 5.74) is 0. The fraction of sp³-hybridized carbons (Fsp3) is 1.00. The van der Waals surface area contributed by atoms with Crippen LogP contribution in [-0.4, -0.2) is 34.1 Å². The Balaban J connectivity index is 1.96. The third kappa shape index (κ3) is 2.25. The highest BCUT2D eigenvalue weighted by Crippen LogP contribution is 2.29. The Morgan fingerprint density at radius 2 is 2.15 bits per heavy atom. The van der Waals surface area contributed by atoms with Gasteiger partial charge in [0.25, 0.3) is 0 Å². The monoisotopic (exact) mass is 330 g/mol. The second-order valence-corrected chi connectivity index (χ2v) is 7.76. The van der Waals surface area contributed by atoms with Gasteiger partial charge in [0.1, 0.15) is 0 Å². The van der Waals surface area contributed by atoms with E-state index < -0.39 is 0 Å². The molecule has 3 N–H and O–H groups in total. The molecule has 0 radical (unpaired) electrons. The van der Waals surface area contributed by atoms with Crippen molar-refractivity contribution in [2.24, 2.45) is 0 Å². The molecule has 0 unspecified atom stereocenters. The highest BCUT2D eigenvalue weighted by atomic mass is 79.9. The molecule has 0 bridgehead atoms. The molecule has 13 heavy (non-hydrogen) atoms. The van der Waals surface area contributed by atoms with Gasteiger partial charge in [0.2, 0.25) is 0 Å². The normalized spacial score (nSPS) is 41.5. The van der Waals surface area contributed by atoms with E-state index in [1.54, 1.807) is 4.90 Å². The molecule has 0 saturated carbocycles. The zero-order valence-corrected chi connectivity index (χ0v) is 11.6. The second kappa shape index (κ2) is 4.39. The molecule has 0 aromatic rings. The third-order valence-corrected chi connectivity index (χ3v) is 6.99. The maximum Gasteiger partial charge on any atom is 0.325 e. The zero-order valence-electron chi connectivity index (χ0n) is 7.56. The summed E-state index contributed by atoms with van der Waals surface area (Å²) in [6.45, 7) is 3.91. The van der Waals surface area contributed by atoms with Crippen LogP contribution in [0.2, 0.25) is 0 Å². The molecule has 0 aromatic heterocycles. The van der Waals surface area contributed by atoms with Crippen molar-refractivity contribution >= 4 is 43.6 Å². The highest BCUT2D eigenvalue weighted by Gasteiger charge is 2.50. The fourth-order valence-electron chi connectivity index (χ4n) is 2.09. The Hall–Kier alpha value is 1.23. The minimum absolute atomic E-state index is 0.238. The molecule has 0 spiro atoms. The molecule has 2 saturated heterocycles. The van der Waals surface area contributed by atoms with E-state index in [0.29, 0.717) is 0 Å². The van der Waals surface area contributed by atoms with E-state index in [1.165, 1.54) is 32.5 Å². The number of quaternary nitrogens is 2. The molecule has 0 aromatic carbocycles. The first-order valence-electron chi connectivity index (χ1n) is 4.87. The summed E-state index contributed by atoms with van der Waals surface area (Å²) in [5, 5.41) is 4.35. The van der Waals surface area contributed by atoms with Gasteiger partial charge in [-0.25, -0.2) is 0 Å². The van der Waals surface area contributed by atoms with Gasteiger partial charge in [-0.15, -0.1) is 0 Å². The number of likely N-dealkylation sites (tertiary alicyclic amines) is 1. The molecular formula is C8H16Br2N2S+2. The highest BCUT2D eigenvalue weighted by molar-refractivity contribution is 9.11. The van der Waals surface area contributed by atoms with Crippen LogP contribution < -0.4 is 10.2 Å². The van der Waals surface area contributed by atoms with Crippen LogP contribution in [0.15, 0.2) is 0 Å². The lowest BCUT2D eigenvalue weighted by Gasteiger charge is -2.24. The van der Waals surface area contributed by atoms with Crippen molar-refractivity contribution in [1.29, 1.82) is 0 Å². The number of nitrogens with one attached hydrogen (secondary N) is 1. The van der Waals surface area contributed by atoms with E-state index in [4.69, 9.17) is 0 Å². The van der Waals surface area contributed by atoms with Gasteiger partial charge in [0.05, 0.1) is 40.8 Å². The number of rotatable bonds is 2. The number of hydrogen-bond acceptors (Lipinski definition) is 1. The van der Waals surface area contributed by atoms with Crippen LogP contribution in [0.5, 0.6) is 0 Å². The summed E-state index contributed by atoms with van der Waals surface area (Å²) in [6.07, 6.45) is 2.80.